The van der Waals surface area contributed by atoms with Gasteiger partial charge in [0.15, 0.2) is 0 Å². The first-order chi connectivity index (χ1) is 3.56. The van der Waals surface area contributed by atoms with Gasteiger partial charge < -0.3 is 0 Å². The van der Waals surface area contributed by atoms with Gasteiger partial charge in [-0.1, -0.05) is 0 Å². The molecule has 0 bridgehead atoms. The molecule has 54 valence electrons. The molecule has 0 spiro atoms. The Morgan fingerprint density at radius 2 is 1.75 bits per heavy atom. The number of alkyl halides is 4. The summed E-state index contributed by atoms with van der Waals surface area (Å²) in [4.78, 5) is 7.30. The van der Waals surface area contributed by atoms with Crippen LogP contribution in [0.3, 0.4) is 0 Å². The summed E-state index contributed by atoms with van der Waals surface area (Å²) in [7, 11) is 2.02. The molecule has 0 unspecified atom stereocenters. The van der Waals surface area contributed by atoms with Gasteiger partial charge in [-0.05, 0) is 0 Å². The molecule has 0 saturated carbocycles. The SMILES string of the molecule is CNCC[I-](C)(C)C. The molecule has 0 aromatic carbocycles. The fourth-order valence-electron chi connectivity index (χ4n) is 0.378. The summed E-state index contributed by atoms with van der Waals surface area (Å²) in [5.41, 5.74) is 0. The first kappa shape index (κ1) is 8.69. The zero-order valence-corrected chi connectivity index (χ0v) is 8.45. The Hall–Kier alpha value is 0.690. The molecule has 0 fully saturated rings. The minimum absolute atomic E-state index is 1.10. The molecule has 0 saturated heterocycles. The number of halogens is 1. The molecule has 0 radical (unpaired) electrons. The molecule has 2 heteroatoms. The second-order valence-electron chi connectivity index (χ2n) is 2.73. The zero-order chi connectivity index (χ0) is 6.62. The van der Waals surface area contributed by atoms with Crippen molar-refractivity contribution in [2.45, 2.75) is 0 Å². The molecule has 0 aromatic rings. The molecule has 0 aromatic heterocycles. The number of hydrogen-bond acceptors (Lipinski definition) is 1. The van der Waals surface area contributed by atoms with Crippen molar-refractivity contribution in [1.82, 2.24) is 5.32 Å². The Bertz CT molecular complexity index is 56.0. The van der Waals surface area contributed by atoms with Crippen molar-refractivity contribution in [2.75, 3.05) is 32.8 Å². The Balaban J connectivity index is 3.11. The van der Waals surface area contributed by atoms with Crippen molar-refractivity contribution < 1.29 is 18.4 Å². The topological polar surface area (TPSA) is 12.0 Å². The standard InChI is InChI=1S/C6H17IN/c1-7(2,3)5-6-8-4/h8H,5-6H2,1-4H3/q-1. The first-order valence-corrected chi connectivity index (χ1v) is 10.8. The van der Waals surface area contributed by atoms with Gasteiger partial charge in [-0.3, -0.25) is 0 Å². The van der Waals surface area contributed by atoms with Gasteiger partial charge in [-0.15, -0.1) is 0 Å². The van der Waals surface area contributed by atoms with Crippen molar-refractivity contribution in [1.29, 1.82) is 0 Å². The van der Waals surface area contributed by atoms with E-state index >= 15 is 0 Å². The molecule has 0 atom stereocenters. The average Bonchev–Trinajstić information content (AvgIpc) is 1.59. The fraction of sp³-hybridized carbons (Fsp3) is 1.00. The van der Waals surface area contributed by atoms with Gasteiger partial charge in [0.2, 0.25) is 0 Å². The predicted molar refractivity (Wildman–Crippen MR) is 36.6 cm³/mol. The van der Waals surface area contributed by atoms with Gasteiger partial charge in [0, 0.05) is 0 Å². The van der Waals surface area contributed by atoms with E-state index in [0.29, 0.717) is 0 Å². The van der Waals surface area contributed by atoms with Crippen LogP contribution in [0.4, 0.5) is 0 Å². The molecule has 8 heavy (non-hydrogen) atoms. The minimum atomic E-state index is -1.10. The monoisotopic (exact) mass is 230 g/mol. The molecular formula is C6H17IN-. The summed E-state index contributed by atoms with van der Waals surface area (Å²) < 4.78 is 1.43. The van der Waals surface area contributed by atoms with E-state index in [0.717, 1.165) is 0 Å². The van der Waals surface area contributed by atoms with Crippen molar-refractivity contribution in [3.05, 3.63) is 0 Å². The van der Waals surface area contributed by atoms with E-state index in [-0.39, 0.29) is 0 Å². The second-order valence-corrected chi connectivity index (χ2v) is 14.9. The van der Waals surface area contributed by atoms with Crippen LogP contribution < -0.4 is 23.8 Å². The van der Waals surface area contributed by atoms with Crippen LogP contribution in [0.2, 0.25) is 0 Å². The summed E-state index contributed by atoms with van der Waals surface area (Å²) >= 11 is -1.10. The van der Waals surface area contributed by atoms with Gasteiger partial charge in [-0.25, -0.2) is 0 Å². The van der Waals surface area contributed by atoms with Gasteiger partial charge >= 0.3 is 56.6 Å². The molecule has 0 rings (SSSR count). The van der Waals surface area contributed by atoms with E-state index in [1.165, 1.54) is 11.0 Å². The van der Waals surface area contributed by atoms with Crippen molar-refractivity contribution in [3.63, 3.8) is 0 Å². The fourth-order valence-corrected chi connectivity index (χ4v) is 2.54. The molecular weight excluding hydrogens is 213 g/mol. The third kappa shape index (κ3) is 6.69. The van der Waals surface area contributed by atoms with Gasteiger partial charge in [-0.2, -0.15) is 0 Å². The second kappa shape index (κ2) is 3.67. The third-order valence-electron chi connectivity index (χ3n) is 0.911. The molecule has 0 aliphatic rings. The Morgan fingerprint density at radius 1 is 1.25 bits per heavy atom. The van der Waals surface area contributed by atoms with Crippen LogP contribution in [-0.2, 0) is 0 Å². The van der Waals surface area contributed by atoms with Gasteiger partial charge in [0.25, 0.3) is 0 Å². The maximum absolute atomic E-state index is 3.17. The van der Waals surface area contributed by atoms with Crippen LogP contribution in [-0.4, -0.2) is 32.8 Å². The molecule has 1 N–H and O–H groups in total. The van der Waals surface area contributed by atoms with Gasteiger partial charge in [0.05, 0.1) is 0 Å². The number of rotatable bonds is 3. The van der Waals surface area contributed by atoms with E-state index in [9.17, 15) is 0 Å². The van der Waals surface area contributed by atoms with Gasteiger partial charge in [0.1, 0.15) is 0 Å². The summed E-state index contributed by atoms with van der Waals surface area (Å²) in [6.07, 6.45) is 0. The van der Waals surface area contributed by atoms with E-state index in [4.69, 9.17) is 0 Å². The number of hydrogen-bond donors (Lipinski definition) is 1. The molecule has 0 heterocycles. The molecule has 0 amide bonds. The van der Waals surface area contributed by atoms with Crippen LogP contribution >= 0.6 is 0 Å². The summed E-state index contributed by atoms with van der Waals surface area (Å²) in [6.45, 7) is 1.21. The summed E-state index contributed by atoms with van der Waals surface area (Å²) in [5.74, 6) is 0. The van der Waals surface area contributed by atoms with E-state index in [1.807, 2.05) is 7.05 Å². The van der Waals surface area contributed by atoms with E-state index in [1.54, 1.807) is 0 Å². The quantitative estimate of drug-likeness (QED) is 0.409. The first-order valence-electron chi connectivity index (χ1n) is 2.75. The average molecular weight is 230 g/mol. The molecule has 0 aliphatic carbocycles. The van der Waals surface area contributed by atoms with Crippen LogP contribution in [0.15, 0.2) is 0 Å². The maximum atomic E-state index is 3.17. The predicted octanol–water partition coefficient (Wildman–Crippen LogP) is -2.74. The Labute approximate surface area is 56.7 Å². The van der Waals surface area contributed by atoms with E-state index < -0.39 is 18.4 Å². The normalized spacial score (nSPS) is 14.0. The van der Waals surface area contributed by atoms with Crippen molar-refractivity contribution in [2.24, 2.45) is 0 Å². The molecule has 0 aliphatic heterocycles. The van der Waals surface area contributed by atoms with Crippen molar-refractivity contribution in [3.8, 4) is 0 Å². The molecule has 1 nitrogen and oxygen atoms in total. The summed E-state index contributed by atoms with van der Waals surface area (Å²) in [5, 5.41) is 3.17. The van der Waals surface area contributed by atoms with Crippen LogP contribution in [0.5, 0.6) is 0 Å². The third-order valence-corrected chi connectivity index (χ3v) is 4.69. The Kier molecular flexibility index (Phi) is 3.98. The zero-order valence-electron chi connectivity index (χ0n) is 6.29. The number of nitrogens with one attached hydrogen (secondary N) is 1. The van der Waals surface area contributed by atoms with Crippen LogP contribution in [0.25, 0.3) is 0 Å². The summed E-state index contributed by atoms with van der Waals surface area (Å²) in [6, 6.07) is 0. The van der Waals surface area contributed by atoms with E-state index in [2.05, 4.69) is 20.1 Å². The van der Waals surface area contributed by atoms with Crippen LogP contribution in [0.1, 0.15) is 0 Å². The van der Waals surface area contributed by atoms with Crippen molar-refractivity contribution >= 4 is 0 Å². The Morgan fingerprint density at radius 3 is 1.88 bits per heavy atom. The van der Waals surface area contributed by atoms with Crippen LogP contribution in [0, 0.1) is 0 Å².